The number of Topliss-reactive ketones (excluding diaryl/α,β-unsaturated/α-hetero) is 1. The first-order valence-electron chi connectivity index (χ1n) is 10.3. The van der Waals surface area contributed by atoms with Gasteiger partial charge in [0.1, 0.15) is 0 Å². The van der Waals surface area contributed by atoms with Crippen LogP contribution in [0.25, 0.3) is 0 Å². The summed E-state index contributed by atoms with van der Waals surface area (Å²) in [6.45, 7) is 1.76. The molecule has 30 heavy (non-hydrogen) atoms. The molecule has 4 rings (SSSR count). The Morgan fingerprint density at radius 1 is 0.933 bits per heavy atom. The Kier molecular flexibility index (Phi) is 5.48. The first kappa shape index (κ1) is 20.0. The number of imide groups is 1. The van der Waals surface area contributed by atoms with Crippen LogP contribution in [-0.4, -0.2) is 34.9 Å². The number of nitrogens with zero attached hydrogens (tertiary/aromatic N) is 1. The Hall–Kier alpha value is -3.28. The summed E-state index contributed by atoms with van der Waals surface area (Å²) in [5, 5.41) is 2.93. The molecule has 1 aliphatic carbocycles. The maximum Gasteiger partial charge on any atom is 0.261 e. The van der Waals surface area contributed by atoms with E-state index in [2.05, 4.69) is 5.32 Å². The molecule has 2 aromatic carbocycles. The molecule has 1 heterocycles. The second kappa shape index (κ2) is 8.22. The molecule has 6 nitrogen and oxygen atoms in total. The monoisotopic (exact) mass is 404 g/mol. The van der Waals surface area contributed by atoms with Crippen LogP contribution in [0, 0.1) is 11.8 Å². The highest BCUT2D eigenvalue weighted by Gasteiger charge is 2.40. The van der Waals surface area contributed by atoms with Crippen molar-refractivity contribution in [3.63, 3.8) is 0 Å². The summed E-state index contributed by atoms with van der Waals surface area (Å²) in [4.78, 5) is 51.1. The average molecular weight is 404 g/mol. The molecule has 0 saturated heterocycles. The van der Waals surface area contributed by atoms with E-state index in [1.54, 1.807) is 48.5 Å². The van der Waals surface area contributed by atoms with Gasteiger partial charge in [-0.25, -0.2) is 0 Å². The van der Waals surface area contributed by atoms with Crippen molar-refractivity contribution in [2.75, 3.05) is 11.9 Å². The predicted molar refractivity (Wildman–Crippen MR) is 112 cm³/mol. The average Bonchev–Trinajstić information content (AvgIpc) is 2.99. The molecule has 0 spiro atoms. The van der Waals surface area contributed by atoms with Crippen molar-refractivity contribution >= 4 is 29.2 Å². The third-order valence-corrected chi connectivity index (χ3v) is 6.10. The first-order valence-corrected chi connectivity index (χ1v) is 10.3. The minimum absolute atomic E-state index is 0.0267. The number of hydrogen-bond donors (Lipinski definition) is 1. The van der Waals surface area contributed by atoms with Gasteiger partial charge in [-0.3, -0.25) is 24.1 Å². The van der Waals surface area contributed by atoms with Crippen LogP contribution in [0.4, 0.5) is 5.69 Å². The van der Waals surface area contributed by atoms with Gasteiger partial charge in [-0.2, -0.15) is 0 Å². The number of amides is 3. The van der Waals surface area contributed by atoms with Crippen molar-refractivity contribution < 1.29 is 19.2 Å². The predicted octanol–water partition coefficient (Wildman–Crippen LogP) is 3.93. The maximum absolute atomic E-state index is 13.0. The molecule has 2 aliphatic rings. The van der Waals surface area contributed by atoms with E-state index >= 15 is 0 Å². The van der Waals surface area contributed by atoms with Crippen molar-refractivity contribution in [2.45, 2.75) is 32.6 Å². The molecular formula is C24H24N2O4. The van der Waals surface area contributed by atoms with Gasteiger partial charge < -0.3 is 5.32 Å². The highest BCUT2D eigenvalue weighted by molar-refractivity contribution is 6.21. The highest BCUT2D eigenvalue weighted by atomic mass is 16.2. The molecule has 0 aromatic heterocycles. The van der Waals surface area contributed by atoms with Crippen LogP contribution in [-0.2, 0) is 4.79 Å². The minimum atomic E-state index is -0.278. The molecule has 1 aliphatic heterocycles. The molecule has 0 bridgehead atoms. The fourth-order valence-electron chi connectivity index (χ4n) is 4.43. The molecule has 2 atom stereocenters. The van der Waals surface area contributed by atoms with Crippen LogP contribution in [0.1, 0.15) is 63.7 Å². The number of ketones is 1. The van der Waals surface area contributed by atoms with E-state index in [1.807, 2.05) is 0 Å². The summed E-state index contributed by atoms with van der Waals surface area (Å²) in [5.74, 6) is -1.03. The van der Waals surface area contributed by atoms with Crippen molar-refractivity contribution in [3.05, 3.63) is 65.2 Å². The Morgan fingerprint density at radius 3 is 2.13 bits per heavy atom. The largest absolute Gasteiger partial charge is 0.326 e. The third kappa shape index (κ3) is 3.77. The van der Waals surface area contributed by atoms with Gasteiger partial charge in [0, 0.05) is 23.7 Å². The highest BCUT2D eigenvalue weighted by Crippen LogP contribution is 2.34. The van der Waals surface area contributed by atoms with Crippen LogP contribution in [0.5, 0.6) is 0 Å². The topological polar surface area (TPSA) is 83.6 Å². The number of hydrogen-bond acceptors (Lipinski definition) is 4. The van der Waals surface area contributed by atoms with E-state index in [1.165, 1.54) is 11.8 Å². The molecule has 1 fully saturated rings. The van der Waals surface area contributed by atoms with Gasteiger partial charge in [0.25, 0.3) is 11.8 Å². The minimum Gasteiger partial charge on any atom is -0.326 e. The van der Waals surface area contributed by atoms with Crippen LogP contribution >= 0.6 is 0 Å². The van der Waals surface area contributed by atoms with Crippen LogP contribution < -0.4 is 5.32 Å². The summed E-state index contributed by atoms with van der Waals surface area (Å²) in [5.41, 5.74) is 2.10. The van der Waals surface area contributed by atoms with Crippen molar-refractivity contribution in [3.8, 4) is 0 Å². The lowest BCUT2D eigenvalue weighted by molar-refractivity contribution is -0.122. The Balaban J connectivity index is 1.47. The molecular weight excluding hydrogens is 380 g/mol. The smallest absolute Gasteiger partial charge is 0.261 e. The number of fused-ring (bicyclic) bond motifs is 1. The Morgan fingerprint density at radius 2 is 1.53 bits per heavy atom. The molecule has 1 N–H and O–H groups in total. The molecule has 2 unspecified atom stereocenters. The Labute approximate surface area is 175 Å². The number of benzene rings is 2. The number of carbonyl (C=O) groups is 4. The van der Waals surface area contributed by atoms with Gasteiger partial charge >= 0.3 is 0 Å². The fraction of sp³-hybridized carbons (Fsp3) is 0.333. The van der Waals surface area contributed by atoms with Gasteiger partial charge in [0.05, 0.1) is 11.1 Å². The van der Waals surface area contributed by atoms with E-state index in [-0.39, 0.29) is 41.9 Å². The fourth-order valence-corrected chi connectivity index (χ4v) is 4.43. The van der Waals surface area contributed by atoms with Crippen LogP contribution in [0.3, 0.4) is 0 Å². The number of rotatable bonds is 5. The van der Waals surface area contributed by atoms with Gasteiger partial charge in [-0.15, -0.1) is 0 Å². The zero-order chi connectivity index (χ0) is 21.3. The van der Waals surface area contributed by atoms with E-state index in [9.17, 15) is 19.2 Å². The first-order chi connectivity index (χ1) is 14.5. The standard InChI is InChI=1S/C24H24N2O4/c1-15(27)16-10-12-18(13-11-16)25-22(28)19-7-3-2-6-17(19)14-26-23(29)20-8-4-5-9-21(20)24(26)30/h4-5,8-13,17,19H,2-3,6-7,14H2,1H3,(H,25,28). The normalized spacial score (nSPS) is 20.8. The number of nitrogens with one attached hydrogen (secondary N) is 1. The van der Waals surface area contributed by atoms with E-state index in [0.29, 0.717) is 22.4 Å². The molecule has 154 valence electrons. The molecule has 0 radical (unpaired) electrons. The second-order valence-corrected chi connectivity index (χ2v) is 8.04. The lowest BCUT2D eigenvalue weighted by Crippen LogP contribution is -2.41. The zero-order valence-electron chi connectivity index (χ0n) is 16.9. The second-order valence-electron chi connectivity index (χ2n) is 8.04. The van der Waals surface area contributed by atoms with E-state index < -0.39 is 0 Å². The van der Waals surface area contributed by atoms with Crippen molar-refractivity contribution in [1.82, 2.24) is 4.90 Å². The summed E-state index contributed by atoms with van der Waals surface area (Å²) in [6, 6.07) is 13.7. The van der Waals surface area contributed by atoms with E-state index in [4.69, 9.17) is 0 Å². The summed E-state index contributed by atoms with van der Waals surface area (Å²) in [6.07, 6.45) is 3.45. The van der Waals surface area contributed by atoms with E-state index in [0.717, 1.165) is 25.7 Å². The zero-order valence-corrected chi connectivity index (χ0v) is 16.9. The molecule has 6 heteroatoms. The molecule has 2 aromatic rings. The number of carbonyl (C=O) groups excluding carboxylic acids is 4. The van der Waals surface area contributed by atoms with Crippen molar-refractivity contribution in [1.29, 1.82) is 0 Å². The van der Waals surface area contributed by atoms with Gasteiger partial charge in [0.15, 0.2) is 5.78 Å². The SMILES string of the molecule is CC(=O)c1ccc(NC(=O)C2CCCCC2CN2C(=O)c3ccccc3C2=O)cc1. The van der Waals surface area contributed by atoms with Crippen LogP contribution in [0.15, 0.2) is 48.5 Å². The summed E-state index contributed by atoms with van der Waals surface area (Å²) < 4.78 is 0. The quantitative estimate of drug-likeness (QED) is 0.605. The summed E-state index contributed by atoms with van der Waals surface area (Å²) >= 11 is 0. The Bertz CT molecular complexity index is 977. The third-order valence-electron chi connectivity index (χ3n) is 6.10. The molecule has 1 saturated carbocycles. The maximum atomic E-state index is 13.0. The number of anilines is 1. The van der Waals surface area contributed by atoms with Gasteiger partial charge in [-0.1, -0.05) is 25.0 Å². The lowest BCUT2D eigenvalue weighted by atomic mass is 9.78. The lowest BCUT2D eigenvalue weighted by Gasteiger charge is -2.32. The molecule has 3 amide bonds. The summed E-state index contributed by atoms with van der Waals surface area (Å²) in [7, 11) is 0. The van der Waals surface area contributed by atoms with Gasteiger partial charge in [-0.05, 0) is 62.1 Å². The van der Waals surface area contributed by atoms with Gasteiger partial charge in [0.2, 0.25) is 5.91 Å². The van der Waals surface area contributed by atoms with Crippen molar-refractivity contribution in [2.24, 2.45) is 11.8 Å². The van der Waals surface area contributed by atoms with Crippen LogP contribution in [0.2, 0.25) is 0 Å².